The number of ketones is 1. The van der Waals surface area contributed by atoms with Gasteiger partial charge in [-0.05, 0) is 26.8 Å². The fraction of sp³-hybridized carbons (Fsp3) is 0.286. The summed E-state index contributed by atoms with van der Waals surface area (Å²) in [5.74, 6) is 0.600. The molecule has 0 unspecified atom stereocenters. The SMILES string of the molecule is CC(=O)c1cc(C#N)c(SCc2csc(C)n2)nc1C. The summed E-state index contributed by atoms with van der Waals surface area (Å²) in [4.78, 5) is 20.2. The molecule has 2 rings (SSSR count). The number of pyridine rings is 1. The minimum absolute atomic E-state index is 0.0711. The fourth-order valence-corrected chi connectivity index (χ4v) is 3.36. The van der Waals surface area contributed by atoms with Crippen molar-refractivity contribution in [3.63, 3.8) is 0 Å². The zero-order chi connectivity index (χ0) is 14.7. The van der Waals surface area contributed by atoms with Gasteiger partial charge in [-0.25, -0.2) is 9.97 Å². The molecule has 0 saturated heterocycles. The highest BCUT2D eigenvalue weighted by Crippen LogP contribution is 2.26. The van der Waals surface area contributed by atoms with E-state index in [9.17, 15) is 10.1 Å². The van der Waals surface area contributed by atoms with Crippen LogP contribution in [-0.4, -0.2) is 15.8 Å². The highest BCUT2D eigenvalue weighted by Gasteiger charge is 2.13. The quantitative estimate of drug-likeness (QED) is 0.638. The number of carbonyl (C=O) groups excluding carboxylic acids is 1. The van der Waals surface area contributed by atoms with Gasteiger partial charge in [-0.2, -0.15) is 5.26 Å². The van der Waals surface area contributed by atoms with Crippen molar-refractivity contribution in [2.75, 3.05) is 0 Å². The van der Waals surface area contributed by atoms with Gasteiger partial charge < -0.3 is 0 Å². The van der Waals surface area contributed by atoms with Gasteiger partial charge in [0.05, 0.1) is 16.3 Å². The normalized spacial score (nSPS) is 10.3. The molecule has 0 bridgehead atoms. The monoisotopic (exact) mass is 303 g/mol. The largest absolute Gasteiger partial charge is 0.294 e. The number of hydrogen-bond donors (Lipinski definition) is 0. The topological polar surface area (TPSA) is 66.6 Å². The minimum Gasteiger partial charge on any atom is -0.294 e. The molecular weight excluding hydrogens is 290 g/mol. The van der Waals surface area contributed by atoms with Gasteiger partial charge in [-0.3, -0.25) is 4.79 Å². The summed E-state index contributed by atoms with van der Waals surface area (Å²) in [5, 5.41) is 12.9. The van der Waals surface area contributed by atoms with E-state index in [0.717, 1.165) is 10.7 Å². The summed E-state index contributed by atoms with van der Waals surface area (Å²) in [7, 11) is 0. The van der Waals surface area contributed by atoms with Crippen molar-refractivity contribution in [3.05, 3.63) is 39.0 Å². The van der Waals surface area contributed by atoms with Crippen LogP contribution >= 0.6 is 23.1 Å². The molecule has 0 aromatic carbocycles. The molecule has 2 heterocycles. The fourth-order valence-electron chi connectivity index (χ4n) is 1.75. The second-order valence-electron chi connectivity index (χ2n) is 4.29. The Hall–Kier alpha value is -1.71. The summed E-state index contributed by atoms with van der Waals surface area (Å²) in [5.41, 5.74) is 2.60. The van der Waals surface area contributed by atoms with Gasteiger partial charge in [-0.1, -0.05) is 11.8 Å². The van der Waals surface area contributed by atoms with E-state index in [1.165, 1.54) is 18.7 Å². The van der Waals surface area contributed by atoms with E-state index in [1.807, 2.05) is 12.3 Å². The molecule has 0 spiro atoms. The van der Waals surface area contributed by atoms with Gasteiger partial charge in [0.2, 0.25) is 0 Å². The maximum atomic E-state index is 11.5. The van der Waals surface area contributed by atoms with Crippen LogP contribution in [0.4, 0.5) is 0 Å². The second kappa shape index (κ2) is 6.16. The Morgan fingerprint density at radius 3 is 2.75 bits per heavy atom. The Balaban J connectivity index is 2.25. The highest BCUT2D eigenvalue weighted by atomic mass is 32.2. The van der Waals surface area contributed by atoms with E-state index in [2.05, 4.69) is 16.0 Å². The van der Waals surface area contributed by atoms with Gasteiger partial charge in [-0.15, -0.1) is 11.3 Å². The molecule has 0 saturated carbocycles. The Labute approximate surface area is 125 Å². The molecule has 0 N–H and O–H groups in total. The van der Waals surface area contributed by atoms with Crippen LogP contribution < -0.4 is 0 Å². The first-order valence-electron chi connectivity index (χ1n) is 5.97. The first-order valence-corrected chi connectivity index (χ1v) is 7.84. The maximum Gasteiger partial charge on any atom is 0.161 e. The standard InChI is InChI=1S/C14H13N3OS2/c1-8-13(9(2)18)4-11(5-15)14(16-8)20-7-12-6-19-10(3)17-12/h4,6H,7H2,1-3H3. The molecule has 0 fully saturated rings. The van der Waals surface area contributed by atoms with Crippen LogP contribution in [0.15, 0.2) is 16.5 Å². The van der Waals surface area contributed by atoms with Gasteiger partial charge in [0, 0.05) is 22.4 Å². The van der Waals surface area contributed by atoms with Gasteiger partial charge in [0.15, 0.2) is 5.78 Å². The van der Waals surface area contributed by atoms with E-state index < -0.39 is 0 Å². The molecule has 0 atom stereocenters. The van der Waals surface area contributed by atoms with Crippen molar-refractivity contribution in [2.45, 2.75) is 31.6 Å². The van der Waals surface area contributed by atoms with Crippen LogP contribution in [0.5, 0.6) is 0 Å². The van der Waals surface area contributed by atoms with E-state index in [0.29, 0.717) is 27.6 Å². The van der Waals surface area contributed by atoms with Crippen LogP contribution in [0.1, 0.15) is 39.2 Å². The van der Waals surface area contributed by atoms with Crippen molar-refractivity contribution in [1.29, 1.82) is 5.26 Å². The third-order valence-electron chi connectivity index (χ3n) is 2.70. The number of Topliss-reactive ketones (excluding diaryl/α,β-unsaturated/α-hetero) is 1. The van der Waals surface area contributed by atoms with Crippen LogP contribution in [0.25, 0.3) is 0 Å². The molecule has 6 heteroatoms. The number of hydrogen-bond acceptors (Lipinski definition) is 6. The molecule has 102 valence electrons. The van der Waals surface area contributed by atoms with Crippen molar-refractivity contribution < 1.29 is 4.79 Å². The number of thiazole rings is 1. The lowest BCUT2D eigenvalue weighted by molar-refractivity contribution is 0.101. The summed E-state index contributed by atoms with van der Waals surface area (Å²) in [6.45, 7) is 5.23. The Morgan fingerprint density at radius 1 is 1.45 bits per heavy atom. The van der Waals surface area contributed by atoms with E-state index in [4.69, 9.17) is 0 Å². The first kappa shape index (κ1) is 14.7. The van der Waals surface area contributed by atoms with Crippen LogP contribution in [0, 0.1) is 25.2 Å². The van der Waals surface area contributed by atoms with Gasteiger partial charge >= 0.3 is 0 Å². The maximum absolute atomic E-state index is 11.5. The summed E-state index contributed by atoms with van der Waals surface area (Å²) < 4.78 is 0. The predicted molar refractivity (Wildman–Crippen MR) is 80.1 cm³/mol. The van der Waals surface area contributed by atoms with Gasteiger partial charge in [0.1, 0.15) is 11.1 Å². The molecule has 0 aliphatic rings. The van der Waals surface area contributed by atoms with E-state index in [-0.39, 0.29) is 5.78 Å². The lowest BCUT2D eigenvalue weighted by atomic mass is 10.1. The number of nitriles is 1. The zero-order valence-corrected chi connectivity index (χ0v) is 13.1. The zero-order valence-electron chi connectivity index (χ0n) is 11.4. The molecule has 0 radical (unpaired) electrons. The van der Waals surface area contributed by atoms with E-state index >= 15 is 0 Å². The van der Waals surface area contributed by atoms with Crippen molar-refractivity contribution >= 4 is 28.9 Å². The highest BCUT2D eigenvalue weighted by molar-refractivity contribution is 7.98. The van der Waals surface area contributed by atoms with Crippen molar-refractivity contribution in [1.82, 2.24) is 9.97 Å². The molecule has 0 aliphatic heterocycles. The molecule has 4 nitrogen and oxygen atoms in total. The molecule has 0 amide bonds. The summed E-state index contributed by atoms with van der Waals surface area (Å²) in [6.07, 6.45) is 0. The van der Waals surface area contributed by atoms with Crippen LogP contribution in [0.2, 0.25) is 0 Å². The number of rotatable bonds is 4. The third-order valence-corrected chi connectivity index (χ3v) is 4.55. The molecule has 0 aliphatic carbocycles. The lowest BCUT2D eigenvalue weighted by Gasteiger charge is -2.07. The van der Waals surface area contributed by atoms with Crippen LogP contribution in [0.3, 0.4) is 0 Å². The van der Waals surface area contributed by atoms with Crippen molar-refractivity contribution in [2.24, 2.45) is 0 Å². The number of carbonyl (C=O) groups is 1. The summed E-state index contributed by atoms with van der Waals surface area (Å²) >= 11 is 3.08. The number of aromatic nitrogens is 2. The Kier molecular flexibility index (Phi) is 4.53. The third kappa shape index (κ3) is 3.24. The lowest BCUT2D eigenvalue weighted by Crippen LogP contribution is -2.02. The molecule has 2 aromatic heterocycles. The first-order chi connectivity index (χ1) is 9.51. The summed E-state index contributed by atoms with van der Waals surface area (Å²) in [6, 6.07) is 3.73. The van der Waals surface area contributed by atoms with E-state index in [1.54, 1.807) is 24.3 Å². The molecule has 20 heavy (non-hydrogen) atoms. The second-order valence-corrected chi connectivity index (χ2v) is 6.31. The average Bonchev–Trinajstić information content (AvgIpc) is 2.81. The van der Waals surface area contributed by atoms with Gasteiger partial charge in [0.25, 0.3) is 0 Å². The Morgan fingerprint density at radius 2 is 2.20 bits per heavy atom. The minimum atomic E-state index is -0.0711. The number of nitrogens with zero attached hydrogens (tertiary/aromatic N) is 3. The predicted octanol–water partition coefficient (Wildman–Crippen LogP) is 3.52. The number of aryl methyl sites for hydroxylation is 2. The molecule has 2 aromatic rings. The average molecular weight is 303 g/mol. The smallest absolute Gasteiger partial charge is 0.161 e. The molecular formula is C14H13N3OS2. The Bertz CT molecular complexity index is 701. The number of thioether (sulfide) groups is 1. The van der Waals surface area contributed by atoms with Crippen molar-refractivity contribution in [3.8, 4) is 6.07 Å². The van der Waals surface area contributed by atoms with Crippen LogP contribution in [-0.2, 0) is 5.75 Å².